The Hall–Kier alpha value is -2.14. The Morgan fingerprint density at radius 2 is 1.88 bits per heavy atom. The largest absolute Gasteiger partial charge is 0.422 e. The Morgan fingerprint density at radius 3 is 2.58 bits per heavy atom. The summed E-state index contributed by atoms with van der Waals surface area (Å²) in [6.45, 7) is 6.12. The van der Waals surface area contributed by atoms with Crippen molar-refractivity contribution in [1.29, 1.82) is 0 Å². The van der Waals surface area contributed by atoms with Gasteiger partial charge in [0.2, 0.25) is 0 Å². The predicted molar refractivity (Wildman–Crippen MR) is 92.3 cm³/mol. The van der Waals surface area contributed by atoms with E-state index in [4.69, 9.17) is 4.42 Å². The highest BCUT2D eigenvalue weighted by molar-refractivity contribution is 5.99. The van der Waals surface area contributed by atoms with E-state index in [1.54, 1.807) is 11.0 Å². The zero-order valence-corrected chi connectivity index (χ0v) is 14.0. The molecule has 0 atom stereocenters. The summed E-state index contributed by atoms with van der Waals surface area (Å²) >= 11 is 0. The van der Waals surface area contributed by atoms with Gasteiger partial charge in [-0.15, -0.1) is 0 Å². The number of carbonyl (C=O) groups is 1. The fourth-order valence-electron chi connectivity index (χ4n) is 3.51. The van der Waals surface area contributed by atoms with Gasteiger partial charge in [0.25, 0.3) is 5.91 Å². The number of carbonyl (C=O) groups excluding carboxylic acids is 1. The molecule has 2 aliphatic rings. The van der Waals surface area contributed by atoms with Crippen LogP contribution in [0.15, 0.2) is 33.5 Å². The van der Waals surface area contributed by atoms with E-state index in [0.29, 0.717) is 24.2 Å². The summed E-state index contributed by atoms with van der Waals surface area (Å²) < 4.78 is 5.35. The molecule has 1 aromatic heterocycles. The van der Waals surface area contributed by atoms with Crippen LogP contribution in [0.25, 0.3) is 11.0 Å². The average molecular weight is 326 g/mol. The van der Waals surface area contributed by atoms with Crippen molar-refractivity contribution in [3.8, 4) is 0 Å². The van der Waals surface area contributed by atoms with Crippen molar-refractivity contribution in [2.45, 2.75) is 19.8 Å². The highest BCUT2D eigenvalue weighted by Gasteiger charge is 2.29. The molecule has 1 aromatic carbocycles. The summed E-state index contributed by atoms with van der Waals surface area (Å²) in [4.78, 5) is 29.4. The third kappa shape index (κ3) is 2.84. The van der Waals surface area contributed by atoms with E-state index < -0.39 is 5.63 Å². The molecule has 0 spiro atoms. The van der Waals surface area contributed by atoms with Crippen LogP contribution in [-0.4, -0.2) is 48.4 Å². The van der Waals surface area contributed by atoms with Crippen molar-refractivity contribution >= 4 is 16.9 Å². The monoisotopic (exact) mass is 326 g/mol. The van der Waals surface area contributed by atoms with E-state index in [2.05, 4.69) is 4.90 Å². The fraction of sp³-hybridized carbons (Fsp3) is 0.474. The molecule has 1 saturated carbocycles. The van der Waals surface area contributed by atoms with Crippen LogP contribution in [0.3, 0.4) is 0 Å². The molecule has 24 heavy (non-hydrogen) atoms. The number of rotatable bonds is 3. The second kappa shape index (κ2) is 6.06. The van der Waals surface area contributed by atoms with Crippen LogP contribution in [0, 0.1) is 12.8 Å². The lowest BCUT2D eigenvalue weighted by molar-refractivity contribution is 0.0627. The van der Waals surface area contributed by atoms with Gasteiger partial charge in [-0.25, -0.2) is 4.79 Å². The van der Waals surface area contributed by atoms with Crippen molar-refractivity contribution < 1.29 is 9.21 Å². The molecule has 2 fully saturated rings. The van der Waals surface area contributed by atoms with Gasteiger partial charge in [0, 0.05) is 38.1 Å². The third-order valence-corrected chi connectivity index (χ3v) is 5.16. The second-order valence-electron chi connectivity index (χ2n) is 6.92. The maximum Gasteiger partial charge on any atom is 0.349 e. The van der Waals surface area contributed by atoms with Gasteiger partial charge in [-0.05, 0) is 37.3 Å². The van der Waals surface area contributed by atoms with E-state index in [-0.39, 0.29) is 11.5 Å². The summed E-state index contributed by atoms with van der Waals surface area (Å²) in [5, 5.41) is 0.827. The number of aryl methyl sites for hydroxylation is 1. The normalized spacial score (nSPS) is 19.0. The highest BCUT2D eigenvalue weighted by atomic mass is 16.4. The summed E-state index contributed by atoms with van der Waals surface area (Å²) in [5.74, 6) is 0.667. The molecule has 2 heterocycles. The van der Waals surface area contributed by atoms with E-state index in [0.717, 1.165) is 30.9 Å². The van der Waals surface area contributed by atoms with Gasteiger partial charge in [-0.3, -0.25) is 9.69 Å². The Bertz CT molecular complexity index is 830. The molecule has 5 heteroatoms. The lowest BCUT2D eigenvalue weighted by Gasteiger charge is -2.34. The maximum atomic E-state index is 12.9. The van der Waals surface area contributed by atoms with Crippen LogP contribution in [0.1, 0.15) is 28.8 Å². The number of nitrogens with zero attached hydrogens (tertiary/aromatic N) is 2. The van der Waals surface area contributed by atoms with Crippen LogP contribution in [0.2, 0.25) is 0 Å². The van der Waals surface area contributed by atoms with Gasteiger partial charge >= 0.3 is 5.63 Å². The number of piperazine rings is 1. The van der Waals surface area contributed by atoms with Crippen molar-refractivity contribution in [3.63, 3.8) is 0 Å². The SMILES string of the molecule is Cc1c(C(=O)N2CCN(CC3CC3)CC2)c(=O)oc2ccccc12. The molecule has 1 aliphatic carbocycles. The Balaban J connectivity index is 1.56. The van der Waals surface area contributed by atoms with Gasteiger partial charge in [0.1, 0.15) is 11.1 Å². The first-order valence-corrected chi connectivity index (χ1v) is 8.67. The summed E-state index contributed by atoms with van der Waals surface area (Å²) in [5.41, 5.74) is 0.902. The molecule has 0 bridgehead atoms. The third-order valence-electron chi connectivity index (χ3n) is 5.16. The molecular weight excluding hydrogens is 304 g/mol. The first kappa shape index (κ1) is 15.4. The van der Waals surface area contributed by atoms with E-state index >= 15 is 0 Å². The maximum absolute atomic E-state index is 12.9. The van der Waals surface area contributed by atoms with Crippen molar-refractivity contribution in [2.24, 2.45) is 5.92 Å². The molecule has 4 rings (SSSR count). The van der Waals surface area contributed by atoms with Crippen LogP contribution in [-0.2, 0) is 0 Å². The summed E-state index contributed by atoms with van der Waals surface area (Å²) in [6, 6.07) is 7.36. The molecule has 2 aromatic rings. The number of para-hydroxylation sites is 1. The zero-order chi connectivity index (χ0) is 16.7. The minimum Gasteiger partial charge on any atom is -0.422 e. The van der Waals surface area contributed by atoms with E-state index in [1.807, 2.05) is 25.1 Å². The number of hydrogen-bond acceptors (Lipinski definition) is 4. The van der Waals surface area contributed by atoms with Gasteiger partial charge in [0.15, 0.2) is 0 Å². The fourth-order valence-corrected chi connectivity index (χ4v) is 3.51. The smallest absolute Gasteiger partial charge is 0.349 e. The Kier molecular flexibility index (Phi) is 3.88. The molecule has 1 saturated heterocycles. The van der Waals surface area contributed by atoms with Crippen LogP contribution in [0.4, 0.5) is 0 Å². The summed E-state index contributed by atoms with van der Waals surface area (Å²) in [7, 11) is 0. The Morgan fingerprint density at radius 1 is 1.17 bits per heavy atom. The molecule has 0 N–H and O–H groups in total. The number of amides is 1. The molecule has 1 aliphatic heterocycles. The first-order valence-electron chi connectivity index (χ1n) is 8.67. The topological polar surface area (TPSA) is 53.8 Å². The first-order chi connectivity index (χ1) is 11.6. The zero-order valence-electron chi connectivity index (χ0n) is 14.0. The second-order valence-corrected chi connectivity index (χ2v) is 6.92. The summed E-state index contributed by atoms with van der Waals surface area (Å²) in [6.07, 6.45) is 2.69. The Labute approximate surface area is 140 Å². The number of fused-ring (bicyclic) bond motifs is 1. The lowest BCUT2D eigenvalue weighted by Crippen LogP contribution is -2.50. The van der Waals surface area contributed by atoms with Gasteiger partial charge in [-0.1, -0.05) is 18.2 Å². The van der Waals surface area contributed by atoms with E-state index in [9.17, 15) is 9.59 Å². The molecule has 126 valence electrons. The van der Waals surface area contributed by atoms with Gasteiger partial charge in [0.05, 0.1) is 0 Å². The molecule has 0 unspecified atom stereocenters. The highest BCUT2D eigenvalue weighted by Crippen LogP contribution is 2.30. The molecule has 5 nitrogen and oxygen atoms in total. The number of benzene rings is 1. The molecule has 1 amide bonds. The van der Waals surface area contributed by atoms with Crippen LogP contribution in [0.5, 0.6) is 0 Å². The van der Waals surface area contributed by atoms with Crippen LogP contribution < -0.4 is 5.63 Å². The standard InChI is InChI=1S/C19H22N2O3/c1-13-15-4-2-3-5-16(15)24-19(23)17(13)18(22)21-10-8-20(9-11-21)12-14-6-7-14/h2-5,14H,6-12H2,1H3. The van der Waals surface area contributed by atoms with Crippen molar-refractivity contribution in [3.05, 3.63) is 45.8 Å². The minimum absolute atomic E-state index is 0.185. The van der Waals surface area contributed by atoms with Crippen molar-refractivity contribution in [1.82, 2.24) is 9.80 Å². The van der Waals surface area contributed by atoms with E-state index in [1.165, 1.54) is 12.8 Å². The van der Waals surface area contributed by atoms with Gasteiger partial charge < -0.3 is 9.32 Å². The number of hydrogen-bond donors (Lipinski definition) is 0. The quantitative estimate of drug-likeness (QED) is 0.812. The molecule has 0 radical (unpaired) electrons. The minimum atomic E-state index is -0.531. The molecular formula is C19H22N2O3. The van der Waals surface area contributed by atoms with Crippen molar-refractivity contribution in [2.75, 3.05) is 32.7 Å². The lowest BCUT2D eigenvalue weighted by atomic mass is 10.0. The average Bonchev–Trinajstić information content (AvgIpc) is 3.39. The van der Waals surface area contributed by atoms with Gasteiger partial charge in [-0.2, -0.15) is 0 Å². The van der Waals surface area contributed by atoms with Crippen LogP contribution >= 0.6 is 0 Å². The predicted octanol–water partition coefficient (Wildman–Crippen LogP) is 2.27.